The Hall–Kier alpha value is -1.61. The van der Waals surface area contributed by atoms with Gasteiger partial charge in [-0.25, -0.2) is 5.43 Å². The number of nitrogens with zero attached hydrogens (tertiary/aromatic N) is 1. The lowest BCUT2D eigenvalue weighted by molar-refractivity contribution is -0.123. The Bertz CT molecular complexity index is 773. The van der Waals surface area contributed by atoms with Gasteiger partial charge in [-0.05, 0) is 71.8 Å². The number of carbonyl (C=O) groups is 1. The summed E-state index contributed by atoms with van der Waals surface area (Å²) in [5, 5.41) is 13.8. The summed E-state index contributed by atoms with van der Waals surface area (Å²) in [6.45, 7) is 3.80. The minimum Gasteiger partial charge on any atom is -0.506 e. The van der Waals surface area contributed by atoms with Gasteiger partial charge in [0.2, 0.25) is 0 Å². The fourth-order valence-electron chi connectivity index (χ4n) is 2.06. The number of amides is 1. The van der Waals surface area contributed by atoms with E-state index in [0.29, 0.717) is 14.9 Å². The second-order valence-corrected chi connectivity index (χ2v) is 7.31. The van der Waals surface area contributed by atoms with Crippen LogP contribution in [0.3, 0.4) is 0 Å². The van der Waals surface area contributed by atoms with Crippen molar-refractivity contribution in [3.05, 3.63) is 55.1 Å². The fraction of sp³-hybridized carbons (Fsp3) is 0.176. The van der Waals surface area contributed by atoms with Crippen molar-refractivity contribution in [3.8, 4) is 11.5 Å². The summed E-state index contributed by atoms with van der Waals surface area (Å²) in [5.74, 6) is 0.378. The van der Waals surface area contributed by atoms with Gasteiger partial charge in [0.25, 0.3) is 5.91 Å². The predicted octanol–water partition coefficient (Wildman–Crippen LogP) is 3.91. The quantitative estimate of drug-likeness (QED) is 0.370. The third-order valence-electron chi connectivity index (χ3n) is 3.02. The van der Waals surface area contributed by atoms with Crippen LogP contribution in [0.15, 0.2) is 39.9 Å². The first-order chi connectivity index (χ1) is 11.3. The van der Waals surface area contributed by atoms with E-state index in [-0.39, 0.29) is 18.3 Å². The molecular formula is C17H16BrIN2O3. The number of phenols is 1. The van der Waals surface area contributed by atoms with Crippen molar-refractivity contribution in [2.24, 2.45) is 5.10 Å². The SMILES string of the molecule is Cc1cc(C)cc(OCC(=O)NN=Cc2cc(Br)cc(I)c2O)c1. The van der Waals surface area contributed by atoms with Gasteiger partial charge in [0.15, 0.2) is 6.61 Å². The highest BCUT2D eigenvalue weighted by Gasteiger charge is 2.06. The van der Waals surface area contributed by atoms with Gasteiger partial charge in [0, 0.05) is 10.0 Å². The van der Waals surface area contributed by atoms with E-state index in [4.69, 9.17) is 4.74 Å². The standard InChI is InChI=1S/C17H16BrIN2O3/c1-10-3-11(2)5-14(4-10)24-9-16(22)21-20-8-12-6-13(18)7-15(19)17(12)23/h3-8,23H,9H2,1-2H3,(H,21,22). The van der Waals surface area contributed by atoms with Gasteiger partial charge >= 0.3 is 0 Å². The lowest BCUT2D eigenvalue weighted by Crippen LogP contribution is -2.24. The summed E-state index contributed by atoms with van der Waals surface area (Å²) in [4.78, 5) is 11.8. The van der Waals surface area contributed by atoms with Crippen molar-refractivity contribution >= 4 is 50.6 Å². The number of aromatic hydroxyl groups is 1. The zero-order chi connectivity index (χ0) is 17.7. The lowest BCUT2D eigenvalue weighted by Gasteiger charge is -2.07. The molecule has 0 fully saturated rings. The molecule has 0 unspecified atom stereocenters. The number of rotatable bonds is 5. The third-order valence-corrected chi connectivity index (χ3v) is 4.30. The Labute approximate surface area is 162 Å². The maximum Gasteiger partial charge on any atom is 0.277 e. The molecule has 5 nitrogen and oxygen atoms in total. The maximum atomic E-state index is 11.8. The van der Waals surface area contributed by atoms with Gasteiger partial charge in [0.1, 0.15) is 11.5 Å². The van der Waals surface area contributed by atoms with Crippen LogP contribution < -0.4 is 10.2 Å². The van der Waals surface area contributed by atoms with E-state index < -0.39 is 0 Å². The predicted molar refractivity (Wildman–Crippen MR) is 106 cm³/mol. The van der Waals surface area contributed by atoms with E-state index in [0.717, 1.165) is 15.6 Å². The van der Waals surface area contributed by atoms with E-state index in [1.807, 2.05) is 54.6 Å². The normalized spacial score (nSPS) is 10.8. The average molecular weight is 503 g/mol. The number of hydrogen-bond acceptors (Lipinski definition) is 4. The van der Waals surface area contributed by atoms with E-state index in [9.17, 15) is 9.90 Å². The molecule has 2 aromatic carbocycles. The monoisotopic (exact) mass is 502 g/mol. The van der Waals surface area contributed by atoms with Crippen molar-refractivity contribution in [3.63, 3.8) is 0 Å². The van der Waals surface area contributed by atoms with Crippen LogP contribution in [0.2, 0.25) is 0 Å². The van der Waals surface area contributed by atoms with Gasteiger partial charge in [-0.1, -0.05) is 22.0 Å². The smallest absolute Gasteiger partial charge is 0.277 e. The fourth-order valence-corrected chi connectivity index (χ4v) is 3.61. The molecule has 0 aromatic heterocycles. The highest BCUT2D eigenvalue weighted by Crippen LogP contribution is 2.27. The summed E-state index contributed by atoms with van der Waals surface area (Å²) >= 11 is 5.36. The lowest BCUT2D eigenvalue weighted by atomic mass is 10.1. The van der Waals surface area contributed by atoms with E-state index >= 15 is 0 Å². The summed E-state index contributed by atoms with van der Waals surface area (Å²) < 4.78 is 6.95. The number of benzene rings is 2. The number of ether oxygens (including phenoxy) is 1. The molecule has 0 bridgehead atoms. The minimum absolute atomic E-state index is 0.114. The van der Waals surface area contributed by atoms with Crippen molar-refractivity contribution in [1.29, 1.82) is 0 Å². The molecule has 0 saturated heterocycles. The number of aryl methyl sites for hydroxylation is 2. The molecule has 2 aromatic rings. The first kappa shape index (κ1) is 18.7. The largest absolute Gasteiger partial charge is 0.506 e. The summed E-state index contributed by atoms with van der Waals surface area (Å²) in [5.41, 5.74) is 5.02. The number of phenolic OH excluding ortho intramolecular Hbond substituents is 1. The van der Waals surface area contributed by atoms with Crippen molar-refractivity contribution in [2.45, 2.75) is 13.8 Å². The van der Waals surface area contributed by atoms with Gasteiger partial charge in [-0.2, -0.15) is 5.10 Å². The molecule has 0 radical (unpaired) electrons. The number of hydrogen-bond donors (Lipinski definition) is 2. The van der Waals surface area contributed by atoms with Crippen molar-refractivity contribution in [1.82, 2.24) is 5.43 Å². The van der Waals surface area contributed by atoms with Crippen molar-refractivity contribution in [2.75, 3.05) is 6.61 Å². The molecule has 2 N–H and O–H groups in total. The zero-order valence-electron chi connectivity index (χ0n) is 13.1. The van der Waals surface area contributed by atoms with E-state index in [1.54, 1.807) is 12.1 Å². The second kappa shape index (κ2) is 8.48. The van der Waals surface area contributed by atoms with Crippen LogP contribution >= 0.6 is 38.5 Å². The zero-order valence-corrected chi connectivity index (χ0v) is 16.9. The van der Waals surface area contributed by atoms with Crippen LogP contribution in [0.5, 0.6) is 11.5 Å². The first-order valence-electron chi connectivity index (χ1n) is 7.06. The molecular weight excluding hydrogens is 487 g/mol. The van der Waals surface area contributed by atoms with E-state index in [2.05, 4.69) is 26.5 Å². The van der Waals surface area contributed by atoms with Crippen LogP contribution in [0, 0.1) is 17.4 Å². The Morgan fingerprint density at radius 3 is 2.62 bits per heavy atom. The first-order valence-corrected chi connectivity index (χ1v) is 8.93. The molecule has 0 heterocycles. The van der Waals surface area contributed by atoms with Crippen LogP contribution in [-0.2, 0) is 4.79 Å². The maximum absolute atomic E-state index is 11.8. The van der Waals surface area contributed by atoms with Crippen LogP contribution in [-0.4, -0.2) is 23.8 Å². The van der Waals surface area contributed by atoms with Gasteiger partial charge in [-0.3, -0.25) is 4.79 Å². The van der Waals surface area contributed by atoms with Gasteiger partial charge < -0.3 is 9.84 Å². The van der Waals surface area contributed by atoms with Crippen LogP contribution in [0.25, 0.3) is 0 Å². The summed E-state index contributed by atoms with van der Waals surface area (Å²) in [7, 11) is 0. The highest BCUT2D eigenvalue weighted by molar-refractivity contribution is 14.1. The molecule has 126 valence electrons. The van der Waals surface area contributed by atoms with Crippen LogP contribution in [0.1, 0.15) is 16.7 Å². The summed E-state index contributed by atoms with van der Waals surface area (Å²) in [6.07, 6.45) is 1.39. The Balaban J connectivity index is 1.91. The number of halogens is 2. The topological polar surface area (TPSA) is 70.9 Å². The van der Waals surface area contributed by atoms with E-state index in [1.165, 1.54) is 6.21 Å². The molecule has 24 heavy (non-hydrogen) atoms. The highest BCUT2D eigenvalue weighted by atomic mass is 127. The molecule has 0 saturated carbocycles. The minimum atomic E-state index is -0.380. The molecule has 7 heteroatoms. The number of carbonyl (C=O) groups excluding carboxylic acids is 1. The van der Waals surface area contributed by atoms with Crippen LogP contribution in [0.4, 0.5) is 0 Å². The van der Waals surface area contributed by atoms with Gasteiger partial charge in [0.05, 0.1) is 9.78 Å². The Kier molecular flexibility index (Phi) is 6.61. The molecule has 0 spiro atoms. The second-order valence-electron chi connectivity index (χ2n) is 5.23. The van der Waals surface area contributed by atoms with Crippen molar-refractivity contribution < 1.29 is 14.6 Å². The molecule has 0 aliphatic heterocycles. The molecule has 2 rings (SSSR count). The summed E-state index contributed by atoms with van der Waals surface area (Å²) in [6, 6.07) is 9.25. The Morgan fingerprint density at radius 1 is 1.29 bits per heavy atom. The molecule has 1 amide bonds. The average Bonchev–Trinajstić information content (AvgIpc) is 2.49. The molecule has 0 aliphatic carbocycles. The van der Waals surface area contributed by atoms with Gasteiger partial charge in [-0.15, -0.1) is 0 Å². The Morgan fingerprint density at radius 2 is 1.96 bits per heavy atom. The molecule has 0 atom stereocenters. The number of hydrazone groups is 1. The number of nitrogens with one attached hydrogen (secondary N) is 1. The third kappa shape index (κ3) is 5.48. The molecule has 0 aliphatic rings.